The van der Waals surface area contributed by atoms with Crippen molar-refractivity contribution >= 4 is 33.1 Å². The fourth-order valence-electron chi connectivity index (χ4n) is 1.55. The van der Waals surface area contributed by atoms with E-state index >= 15 is 0 Å². The molecule has 98 valence electrons. The molecule has 0 atom stereocenters. The molecule has 0 aromatic heterocycles. The van der Waals surface area contributed by atoms with Crippen molar-refractivity contribution < 1.29 is 13.2 Å². The van der Waals surface area contributed by atoms with Crippen LogP contribution in [-0.2, 0) is 14.8 Å². The van der Waals surface area contributed by atoms with Gasteiger partial charge in [-0.3, -0.25) is 4.79 Å². The molecule has 0 heterocycles. The number of sulfonamides is 1. The van der Waals surface area contributed by atoms with Gasteiger partial charge in [-0.1, -0.05) is 29.8 Å². The van der Waals surface area contributed by atoms with Crippen molar-refractivity contribution in [2.45, 2.75) is 11.8 Å². The highest BCUT2D eigenvalue weighted by Crippen LogP contribution is 2.18. The van der Waals surface area contributed by atoms with Crippen molar-refractivity contribution in [2.24, 2.45) is 4.40 Å². The molecule has 1 aliphatic rings. The molecule has 0 saturated heterocycles. The van der Waals surface area contributed by atoms with E-state index in [1.807, 2.05) is 0 Å². The first kappa shape index (κ1) is 13.7. The van der Waals surface area contributed by atoms with Crippen LogP contribution >= 0.6 is 11.6 Å². The van der Waals surface area contributed by atoms with Crippen LogP contribution in [0.4, 0.5) is 0 Å². The van der Waals surface area contributed by atoms with E-state index in [9.17, 15) is 13.2 Å². The Kier molecular flexibility index (Phi) is 3.68. The quantitative estimate of drug-likeness (QED) is 0.787. The van der Waals surface area contributed by atoms with Crippen LogP contribution in [0.3, 0.4) is 0 Å². The number of ketones is 1. The van der Waals surface area contributed by atoms with E-state index in [4.69, 9.17) is 11.6 Å². The van der Waals surface area contributed by atoms with Gasteiger partial charge in [0.15, 0.2) is 5.78 Å². The zero-order chi connectivity index (χ0) is 14.0. The van der Waals surface area contributed by atoms with E-state index in [0.29, 0.717) is 5.57 Å². The number of benzene rings is 1. The maximum atomic E-state index is 12.0. The van der Waals surface area contributed by atoms with Gasteiger partial charge in [0.25, 0.3) is 10.0 Å². The fraction of sp³-hybridized carbons (Fsp3) is 0.0769. The number of nitrogens with zero attached hydrogens (tertiary/aromatic N) is 1. The average molecular weight is 296 g/mol. The second-order valence-electron chi connectivity index (χ2n) is 3.95. The van der Waals surface area contributed by atoms with Crippen LogP contribution in [0.15, 0.2) is 62.4 Å². The number of hydrogen-bond donors (Lipinski definition) is 0. The average Bonchev–Trinajstić information content (AvgIpc) is 2.36. The molecule has 0 aliphatic heterocycles. The molecule has 1 aromatic carbocycles. The monoisotopic (exact) mass is 295 g/mol. The summed E-state index contributed by atoms with van der Waals surface area (Å²) in [7, 11) is -3.80. The van der Waals surface area contributed by atoms with E-state index in [1.165, 1.54) is 24.3 Å². The third-order valence-electron chi connectivity index (χ3n) is 2.48. The Balaban J connectivity index is 2.46. The SMILES string of the molecule is CC1=C/C(=N/S(=O)(=O)c2ccccc2)C=C(Cl)C1=O. The number of carbonyl (C=O) groups excluding carboxylic acids is 1. The maximum absolute atomic E-state index is 12.0. The Morgan fingerprint density at radius 3 is 2.32 bits per heavy atom. The van der Waals surface area contributed by atoms with E-state index in [0.717, 1.165) is 0 Å². The predicted octanol–water partition coefficient (Wildman–Crippen LogP) is 2.47. The first-order valence-electron chi connectivity index (χ1n) is 5.40. The van der Waals surface area contributed by atoms with Crippen LogP contribution < -0.4 is 0 Å². The fourth-order valence-corrected chi connectivity index (χ4v) is 2.80. The van der Waals surface area contributed by atoms with Gasteiger partial charge in [0.2, 0.25) is 0 Å². The summed E-state index contributed by atoms with van der Waals surface area (Å²) >= 11 is 5.73. The molecule has 0 radical (unpaired) electrons. The zero-order valence-electron chi connectivity index (χ0n) is 10.00. The van der Waals surface area contributed by atoms with Crippen LogP contribution in [0.5, 0.6) is 0 Å². The van der Waals surface area contributed by atoms with E-state index in [-0.39, 0.29) is 21.4 Å². The topological polar surface area (TPSA) is 63.6 Å². The summed E-state index contributed by atoms with van der Waals surface area (Å²) in [5.74, 6) is -0.322. The van der Waals surface area contributed by atoms with Gasteiger partial charge in [0.1, 0.15) is 0 Å². The molecule has 0 unspecified atom stereocenters. The lowest BCUT2D eigenvalue weighted by Gasteiger charge is -2.07. The lowest BCUT2D eigenvalue weighted by atomic mass is 10.1. The zero-order valence-corrected chi connectivity index (χ0v) is 11.6. The van der Waals surface area contributed by atoms with Gasteiger partial charge >= 0.3 is 0 Å². The first-order chi connectivity index (χ1) is 8.90. The second kappa shape index (κ2) is 5.11. The summed E-state index contributed by atoms with van der Waals surface area (Å²) in [4.78, 5) is 11.5. The molecular weight excluding hydrogens is 286 g/mol. The van der Waals surface area contributed by atoms with Gasteiger partial charge in [-0.15, -0.1) is 0 Å². The molecule has 0 amide bonds. The summed E-state index contributed by atoms with van der Waals surface area (Å²) in [6.45, 7) is 1.56. The molecule has 4 nitrogen and oxygen atoms in total. The van der Waals surface area contributed by atoms with E-state index in [2.05, 4.69) is 4.40 Å². The highest BCUT2D eigenvalue weighted by Gasteiger charge is 2.18. The lowest BCUT2D eigenvalue weighted by Crippen LogP contribution is -2.11. The minimum absolute atomic E-state index is 0.0398. The highest BCUT2D eigenvalue weighted by atomic mass is 35.5. The molecule has 0 fully saturated rings. The van der Waals surface area contributed by atoms with Crippen molar-refractivity contribution in [3.05, 3.63) is 53.1 Å². The number of halogens is 1. The molecule has 6 heteroatoms. The number of hydrogen-bond acceptors (Lipinski definition) is 3. The minimum Gasteiger partial charge on any atom is -0.288 e. The lowest BCUT2D eigenvalue weighted by molar-refractivity contribution is -0.111. The smallest absolute Gasteiger partial charge is 0.282 e. The van der Waals surface area contributed by atoms with E-state index in [1.54, 1.807) is 25.1 Å². The largest absolute Gasteiger partial charge is 0.288 e. The van der Waals surface area contributed by atoms with Crippen LogP contribution in [0.25, 0.3) is 0 Å². The number of Topliss-reactive ketones (excluding diaryl/α,β-unsaturated/α-hetero) is 1. The van der Waals surface area contributed by atoms with Crippen molar-refractivity contribution in [3.8, 4) is 0 Å². The van der Waals surface area contributed by atoms with Crippen LogP contribution in [0.2, 0.25) is 0 Å². The molecule has 0 bridgehead atoms. The maximum Gasteiger partial charge on any atom is 0.282 e. The summed E-state index contributed by atoms with van der Waals surface area (Å²) in [6, 6.07) is 7.85. The molecule has 19 heavy (non-hydrogen) atoms. The van der Waals surface area contributed by atoms with Crippen molar-refractivity contribution in [2.75, 3.05) is 0 Å². The van der Waals surface area contributed by atoms with Gasteiger partial charge < -0.3 is 0 Å². The summed E-state index contributed by atoms with van der Waals surface area (Å²) < 4.78 is 27.7. The van der Waals surface area contributed by atoms with Gasteiger partial charge in [-0.2, -0.15) is 12.8 Å². The Hall–Kier alpha value is -1.72. The van der Waals surface area contributed by atoms with E-state index < -0.39 is 10.0 Å². The number of carbonyl (C=O) groups is 1. The van der Waals surface area contributed by atoms with Crippen molar-refractivity contribution in [3.63, 3.8) is 0 Å². The Bertz CT molecular complexity index is 692. The third kappa shape index (κ3) is 3.00. The second-order valence-corrected chi connectivity index (χ2v) is 5.96. The van der Waals surface area contributed by atoms with Gasteiger partial charge in [-0.05, 0) is 31.2 Å². The normalized spacial score (nSPS) is 18.2. The van der Waals surface area contributed by atoms with Gasteiger partial charge in [0, 0.05) is 5.57 Å². The molecule has 0 N–H and O–H groups in total. The van der Waals surface area contributed by atoms with Crippen LogP contribution in [0, 0.1) is 0 Å². The molecule has 1 aromatic rings. The summed E-state index contributed by atoms with van der Waals surface area (Å²) in [6.07, 6.45) is 2.64. The van der Waals surface area contributed by atoms with Gasteiger partial charge in [0.05, 0.1) is 15.6 Å². The number of rotatable bonds is 2. The minimum atomic E-state index is -3.80. The number of allylic oxidation sites excluding steroid dienone is 4. The molecule has 1 aliphatic carbocycles. The predicted molar refractivity (Wildman–Crippen MR) is 73.8 cm³/mol. The molecule has 0 saturated carbocycles. The highest BCUT2D eigenvalue weighted by molar-refractivity contribution is 7.90. The molecule has 2 rings (SSSR count). The summed E-state index contributed by atoms with van der Waals surface area (Å²) in [5.41, 5.74) is 0.500. The Morgan fingerprint density at radius 2 is 1.74 bits per heavy atom. The third-order valence-corrected chi connectivity index (χ3v) is 4.08. The summed E-state index contributed by atoms with van der Waals surface area (Å²) in [5, 5.41) is -0.0398. The van der Waals surface area contributed by atoms with Crippen LogP contribution in [0.1, 0.15) is 6.92 Å². The Labute approximate surface area is 116 Å². The first-order valence-corrected chi connectivity index (χ1v) is 7.22. The van der Waals surface area contributed by atoms with Crippen molar-refractivity contribution in [1.29, 1.82) is 0 Å². The molecule has 0 spiro atoms. The standard InChI is InChI=1S/C13H10ClNO3S/c1-9-7-10(8-12(14)13(9)16)15-19(17,18)11-5-3-2-4-6-11/h2-8H,1H3/b15-10-. The van der Waals surface area contributed by atoms with Crippen LogP contribution in [-0.4, -0.2) is 19.9 Å². The Morgan fingerprint density at radius 1 is 1.11 bits per heavy atom. The van der Waals surface area contributed by atoms with Gasteiger partial charge in [-0.25, -0.2) is 0 Å². The van der Waals surface area contributed by atoms with Crippen molar-refractivity contribution in [1.82, 2.24) is 0 Å². The molecular formula is C13H10ClNO3S.